The van der Waals surface area contributed by atoms with Crippen molar-refractivity contribution in [3.8, 4) is 0 Å². The third kappa shape index (κ3) is 5.42. The zero-order chi connectivity index (χ0) is 12.7. The molecule has 96 valence electrons. The Morgan fingerprint density at radius 3 is 2.88 bits per heavy atom. The number of nitrogens with one attached hydrogen (secondary N) is 1. The van der Waals surface area contributed by atoms with Gasteiger partial charge in [0.1, 0.15) is 0 Å². The van der Waals surface area contributed by atoms with E-state index >= 15 is 0 Å². The van der Waals surface area contributed by atoms with Gasteiger partial charge >= 0.3 is 0 Å². The van der Waals surface area contributed by atoms with Crippen LogP contribution in [0.4, 0.5) is 0 Å². The summed E-state index contributed by atoms with van der Waals surface area (Å²) < 4.78 is 1.11. The van der Waals surface area contributed by atoms with Crippen LogP contribution in [-0.4, -0.2) is 23.5 Å². The van der Waals surface area contributed by atoms with Gasteiger partial charge in [0.25, 0.3) is 0 Å². The molecule has 0 aliphatic heterocycles. The van der Waals surface area contributed by atoms with Gasteiger partial charge in [-0.25, -0.2) is 0 Å². The van der Waals surface area contributed by atoms with E-state index in [0.717, 1.165) is 24.0 Å². The quantitative estimate of drug-likeness (QED) is 0.756. The summed E-state index contributed by atoms with van der Waals surface area (Å²) in [6, 6.07) is 6.39. The summed E-state index contributed by atoms with van der Waals surface area (Å²) in [6.45, 7) is 6.40. The number of aliphatic hydroxyl groups excluding tert-OH is 1. The Balaban J connectivity index is 2.75. The highest BCUT2D eigenvalue weighted by Crippen LogP contribution is 2.30. The summed E-state index contributed by atoms with van der Waals surface area (Å²) in [5.74, 6) is 0. The molecule has 0 heterocycles. The number of halogens is 1. The van der Waals surface area contributed by atoms with E-state index < -0.39 is 0 Å². The third-order valence-corrected chi connectivity index (χ3v) is 4.22. The van der Waals surface area contributed by atoms with Crippen LogP contribution in [-0.2, 0) is 6.54 Å². The molecular weight excluding hydrogens is 298 g/mol. The lowest BCUT2D eigenvalue weighted by molar-refractivity contribution is 0.289. The Morgan fingerprint density at radius 2 is 2.24 bits per heavy atom. The molecule has 4 heteroatoms. The van der Waals surface area contributed by atoms with Crippen molar-refractivity contribution in [1.29, 1.82) is 0 Å². The van der Waals surface area contributed by atoms with Crippen molar-refractivity contribution in [1.82, 2.24) is 5.32 Å². The monoisotopic (exact) mass is 317 g/mol. The minimum atomic E-state index is 0.255. The predicted octanol–water partition coefficient (Wildman–Crippen LogP) is 3.42. The van der Waals surface area contributed by atoms with Gasteiger partial charge in [-0.1, -0.05) is 35.8 Å². The molecule has 0 saturated carbocycles. The Kier molecular flexibility index (Phi) is 7.19. The third-order valence-electron chi connectivity index (χ3n) is 2.46. The number of thioether (sulfide) groups is 1. The fourth-order valence-electron chi connectivity index (χ4n) is 1.50. The Morgan fingerprint density at radius 1 is 1.47 bits per heavy atom. The van der Waals surface area contributed by atoms with Gasteiger partial charge in [-0.3, -0.25) is 0 Å². The number of hydrogen-bond donors (Lipinski definition) is 2. The molecule has 1 unspecified atom stereocenters. The molecule has 0 bridgehead atoms. The van der Waals surface area contributed by atoms with Crippen molar-refractivity contribution in [3.63, 3.8) is 0 Å². The molecule has 1 aromatic carbocycles. The predicted molar refractivity (Wildman–Crippen MR) is 78.5 cm³/mol. The minimum absolute atomic E-state index is 0.255. The van der Waals surface area contributed by atoms with Crippen molar-refractivity contribution < 1.29 is 5.11 Å². The highest BCUT2D eigenvalue weighted by Gasteiger charge is 2.08. The van der Waals surface area contributed by atoms with Crippen LogP contribution in [0, 0.1) is 0 Å². The zero-order valence-electron chi connectivity index (χ0n) is 10.4. The fourth-order valence-corrected chi connectivity index (χ4v) is 3.16. The molecule has 0 radical (unpaired) electrons. The van der Waals surface area contributed by atoms with Gasteiger partial charge in [0.15, 0.2) is 0 Å². The standard InChI is InChI=1S/C13H20BrNOS/c1-3-15-9-11-4-5-12(14)8-13(11)17-10(2)6-7-16/h4-5,8,10,15-16H,3,6-7,9H2,1-2H3. The number of benzene rings is 1. The topological polar surface area (TPSA) is 32.3 Å². The Hall–Kier alpha value is -0.0300. The second-order valence-electron chi connectivity index (χ2n) is 3.97. The van der Waals surface area contributed by atoms with E-state index in [4.69, 9.17) is 5.11 Å². The molecule has 2 N–H and O–H groups in total. The van der Waals surface area contributed by atoms with Crippen LogP contribution in [0.25, 0.3) is 0 Å². The number of rotatable bonds is 7. The molecule has 0 amide bonds. The maximum atomic E-state index is 8.95. The summed E-state index contributed by atoms with van der Waals surface area (Å²) in [4.78, 5) is 1.29. The van der Waals surface area contributed by atoms with Gasteiger partial charge in [0.2, 0.25) is 0 Å². The largest absolute Gasteiger partial charge is 0.396 e. The summed E-state index contributed by atoms with van der Waals surface area (Å²) >= 11 is 5.34. The van der Waals surface area contributed by atoms with Crippen molar-refractivity contribution in [3.05, 3.63) is 28.2 Å². The molecule has 0 aliphatic carbocycles. The number of aliphatic hydroxyl groups is 1. The Bertz CT molecular complexity index is 346. The van der Waals surface area contributed by atoms with E-state index in [1.165, 1.54) is 10.5 Å². The molecule has 1 rings (SSSR count). The molecule has 0 aromatic heterocycles. The van der Waals surface area contributed by atoms with Crippen molar-refractivity contribution in [2.24, 2.45) is 0 Å². The van der Waals surface area contributed by atoms with E-state index in [0.29, 0.717) is 5.25 Å². The van der Waals surface area contributed by atoms with Gasteiger partial charge in [-0.2, -0.15) is 0 Å². The molecule has 0 spiro atoms. The molecule has 1 atom stereocenters. The molecule has 0 saturated heterocycles. The van der Waals surface area contributed by atoms with E-state index in [9.17, 15) is 0 Å². The second kappa shape index (κ2) is 8.14. The smallest absolute Gasteiger partial charge is 0.0441 e. The van der Waals surface area contributed by atoms with E-state index in [2.05, 4.69) is 53.3 Å². The molecule has 1 aromatic rings. The van der Waals surface area contributed by atoms with Crippen LogP contribution in [0.5, 0.6) is 0 Å². The molecule has 0 aliphatic rings. The van der Waals surface area contributed by atoms with E-state index in [1.54, 1.807) is 0 Å². The van der Waals surface area contributed by atoms with Crippen molar-refractivity contribution >= 4 is 27.7 Å². The average molecular weight is 318 g/mol. The SMILES string of the molecule is CCNCc1ccc(Br)cc1SC(C)CCO. The van der Waals surface area contributed by atoms with Crippen LogP contribution < -0.4 is 5.32 Å². The minimum Gasteiger partial charge on any atom is -0.396 e. The van der Waals surface area contributed by atoms with Crippen LogP contribution >= 0.6 is 27.7 Å². The highest BCUT2D eigenvalue weighted by molar-refractivity contribution is 9.10. The first-order valence-electron chi connectivity index (χ1n) is 5.94. The Labute approximate surface area is 116 Å². The maximum absolute atomic E-state index is 8.95. The van der Waals surface area contributed by atoms with E-state index in [-0.39, 0.29) is 6.61 Å². The maximum Gasteiger partial charge on any atom is 0.0441 e. The van der Waals surface area contributed by atoms with Crippen molar-refractivity contribution in [2.75, 3.05) is 13.2 Å². The lowest BCUT2D eigenvalue weighted by Gasteiger charge is -2.14. The zero-order valence-corrected chi connectivity index (χ0v) is 12.8. The van der Waals surface area contributed by atoms with Gasteiger partial charge < -0.3 is 10.4 Å². The molecular formula is C13H20BrNOS. The summed E-state index contributed by atoms with van der Waals surface area (Å²) in [6.07, 6.45) is 0.831. The normalized spacial score (nSPS) is 12.7. The first kappa shape index (κ1) is 15.0. The lowest BCUT2D eigenvalue weighted by atomic mass is 10.2. The van der Waals surface area contributed by atoms with E-state index in [1.807, 2.05) is 11.8 Å². The van der Waals surface area contributed by atoms with Gasteiger partial charge in [0, 0.05) is 27.8 Å². The summed E-state index contributed by atoms with van der Waals surface area (Å²) in [5.41, 5.74) is 1.32. The van der Waals surface area contributed by atoms with Gasteiger partial charge in [0.05, 0.1) is 0 Å². The first-order chi connectivity index (χ1) is 8.17. The lowest BCUT2D eigenvalue weighted by Crippen LogP contribution is -2.12. The fraction of sp³-hybridized carbons (Fsp3) is 0.538. The average Bonchev–Trinajstić information content (AvgIpc) is 2.28. The second-order valence-corrected chi connectivity index (χ2v) is 6.37. The van der Waals surface area contributed by atoms with Crippen molar-refractivity contribution in [2.45, 2.75) is 37.0 Å². The summed E-state index contributed by atoms with van der Waals surface area (Å²) in [5, 5.41) is 12.7. The van der Waals surface area contributed by atoms with Crippen LogP contribution in [0.3, 0.4) is 0 Å². The van der Waals surface area contributed by atoms with Crippen LogP contribution in [0.15, 0.2) is 27.6 Å². The molecule has 2 nitrogen and oxygen atoms in total. The van der Waals surface area contributed by atoms with Gasteiger partial charge in [-0.05, 0) is 30.7 Å². The molecule has 0 fully saturated rings. The van der Waals surface area contributed by atoms with Gasteiger partial charge in [-0.15, -0.1) is 11.8 Å². The molecule has 17 heavy (non-hydrogen) atoms. The first-order valence-corrected chi connectivity index (χ1v) is 7.61. The van der Waals surface area contributed by atoms with Crippen LogP contribution in [0.2, 0.25) is 0 Å². The highest BCUT2D eigenvalue weighted by atomic mass is 79.9. The number of hydrogen-bond acceptors (Lipinski definition) is 3. The summed E-state index contributed by atoms with van der Waals surface area (Å²) in [7, 11) is 0. The van der Waals surface area contributed by atoms with Crippen LogP contribution in [0.1, 0.15) is 25.8 Å².